The summed E-state index contributed by atoms with van der Waals surface area (Å²) < 4.78 is 4.32. The molecular weight excluding hydrogens is 165 g/mol. The first-order valence-electron chi connectivity index (χ1n) is 2.16. The van der Waals surface area contributed by atoms with Crippen molar-refractivity contribution in [2.75, 3.05) is 7.11 Å². The monoisotopic (exact) mass is 173 g/mol. The Morgan fingerprint density at radius 1 is 1.78 bits per heavy atom. The van der Waals surface area contributed by atoms with Gasteiger partial charge < -0.3 is 4.74 Å². The largest absolute Gasteiger partial charge is 0.468 e. The fourth-order valence-corrected chi connectivity index (χ4v) is 0.310. The molecule has 0 aromatic rings. The van der Waals surface area contributed by atoms with E-state index in [0.717, 1.165) is 0 Å². The van der Waals surface area contributed by atoms with Crippen molar-refractivity contribution in [2.24, 2.45) is 0 Å². The van der Waals surface area contributed by atoms with Crippen molar-refractivity contribution in [1.82, 2.24) is 4.84 Å². The molecule has 0 rings (SSSR count). The van der Waals surface area contributed by atoms with Crippen LogP contribution >= 0.6 is 24.2 Å². The Kier molecular flexibility index (Phi) is 8.02. The van der Waals surface area contributed by atoms with Crippen LogP contribution < -0.4 is 4.84 Å². The summed E-state index contributed by atoms with van der Waals surface area (Å²) in [4.78, 5) is 12.6. The second kappa shape index (κ2) is 6.13. The Morgan fingerprint density at radius 2 is 2.22 bits per heavy atom. The Morgan fingerprint density at radius 3 is 2.33 bits per heavy atom. The van der Waals surface area contributed by atoms with Gasteiger partial charge in [0, 0.05) is 0 Å². The smallest absolute Gasteiger partial charge is 0.323 e. The van der Waals surface area contributed by atoms with E-state index in [0.29, 0.717) is 0 Å². The van der Waals surface area contributed by atoms with E-state index in [1.165, 1.54) is 7.11 Å². The molecule has 0 heterocycles. The van der Waals surface area contributed by atoms with Gasteiger partial charge >= 0.3 is 5.97 Å². The van der Waals surface area contributed by atoms with Gasteiger partial charge in [-0.25, -0.2) is 4.84 Å². The third-order valence-electron chi connectivity index (χ3n) is 0.718. The van der Waals surface area contributed by atoms with E-state index >= 15 is 0 Å². The van der Waals surface area contributed by atoms with Gasteiger partial charge in [0.25, 0.3) is 0 Å². The summed E-state index contributed by atoms with van der Waals surface area (Å²) in [7, 11) is 1.31. The number of methoxy groups -OCH3 is 1. The maximum atomic E-state index is 10.4. The summed E-state index contributed by atoms with van der Waals surface area (Å²) in [5.41, 5.74) is 0. The molecule has 3 nitrogen and oxygen atoms in total. The van der Waals surface area contributed by atoms with Gasteiger partial charge in [-0.1, -0.05) is 0 Å². The molecule has 0 amide bonds. The number of carbonyl (C=O) groups is 1. The van der Waals surface area contributed by atoms with Crippen molar-refractivity contribution in [3.63, 3.8) is 0 Å². The number of ether oxygens (including phenoxy) is 1. The van der Waals surface area contributed by atoms with Crippen LogP contribution in [0.3, 0.4) is 0 Å². The summed E-state index contributed by atoms with van der Waals surface area (Å²) in [5.74, 6) is -0.361. The normalized spacial score (nSPS) is 11.4. The van der Waals surface area contributed by atoms with Gasteiger partial charge in [-0.15, -0.1) is 12.4 Å². The average Bonchev–Trinajstić information content (AvgIpc) is 1.84. The molecule has 0 saturated heterocycles. The van der Waals surface area contributed by atoms with E-state index in [1.807, 2.05) is 0 Å². The van der Waals surface area contributed by atoms with Crippen molar-refractivity contribution in [2.45, 2.75) is 13.0 Å². The van der Waals surface area contributed by atoms with Crippen molar-refractivity contribution < 1.29 is 9.53 Å². The number of rotatable bonds is 2. The minimum Gasteiger partial charge on any atom is -0.468 e. The Hall–Kier alpha value is 0.01000. The number of halogens is 2. The van der Waals surface area contributed by atoms with Crippen molar-refractivity contribution >= 4 is 30.2 Å². The van der Waals surface area contributed by atoms with Gasteiger partial charge in [-0.3, -0.25) is 4.79 Å². The summed E-state index contributed by atoms with van der Waals surface area (Å²) in [6.45, 7) is 1.61. The summed E-state index contributed by atoms with van der Waals surface area (Å²) in [5, 5.41) is 0. The predicted octanol–water partition coefficient (Wildman–Crippen LogP) is 0.713. The van der Waals surface area contributed by atoms with E-state index in [2.05, 4.69) is 9.57 Å². The first kappa shape index (κ1) is 11.8. The van der Waals surface area contributed by atoms with E-state index in [-0.39, 0.29) is 18.4 Å². The molecule has 0 aromatic heterocycles. The molecule has 0 bridgehead atoms. The number of carbonyl (C=O) groups excluding carboxylic acids is 1. The maximum absolute atomic E-state index is 10.4. The van der Waals surface area contributed by atoms with Crippen LogP contribution in [0.5, 0.6) is 0 Å². The topological polar surface area (TPSA) is 38.3 Å². The van der Waals surface area contributed by atoms with Crippen molar-refractivity contribution in [3.05, 3.63) is 0 Å². The Bertz CT molecular complexity index is 88.6. The van der Waals surface area contributed by atoms with Gasteiger partial charge in [0.1, 0.15) is 6.04 Å². The molecule has 0 aliphatic carbocycles. The highest BCUT2D eigenvalue weighted by Crippen LogP contribution is 1.84. The lowest BCUT2D eigenvalue weighted by Crippen LogP contribution is -2.28. The number of esters is 1. The van der Waals surface area contributed by atoms with Gasteiger partial charge in [-0.05, 0) is 18.7 Å². The molecule has 0 radical (unpaired) electrons. The molecule has 5 heteroatoms. The van der Waals surface area contributed by atoms with Crippen LogP contribution in [0.2, 0.25) is 0 Å². The number of hydrogen-bond acceptors (Lipinski definition) is 3. The molecular formula is C4H9Cl2NO2. The fraction of sp³-hybridized carbons (Fsp3) is 0.750. The lowest BCUT2D eigenvalue weighted by atomic mass is 10.4. The molecule has 1 atom stereocenters. The first-order chi connectivity index (χ1) is 3.72. The molecule has 0 saturated carbocycles. The standard InChI is InChI=1S/C4H8ClNO2.ClH/c1-3(6-5)4(7)8-2;/h3,6H,1-2H3;1H. The van der Waals surface area contributed by atoms with E-state index in [9.17, 15) is 4.79 Å². The molecule has 0 fully saturated rings. The molecule has 0 aliphatic heterocycles. The lowest BCUT2D eigenvalue weighted by Gasteiger charge is -2.02. The number of hydrogen-bond donors (Lipinski definition) is 1. The second-order valence-electron chi connectivity index (χ2n) is 1.35. The van der Waals surface area contributed by atoms with Crippen LogP contribution in [0.1, 0.15) is 6.92 Å². The predicted molar refractivity (Wildman–Crippen MR) is 37.7 cm³/mol. The third kappa shape index (κ3) is 4.51. The molecule has 0 aromatic carbocycles. The zero-order valence-electron chi connectivity index (χ0n) is 5.18. The summed E-state index contributed by atoms with van der Waals surface area (Å²) in [6, 6.07) is -0.429. The molecule has 9 heavy (non-hydrogen) atoms. The third-order valence-corrected chi connectivity index (χ3v) is 1.05. The van der Waals surface area contributed by atoms with Crippen LogP contribution in [0.4, 0.5) is 0 Å². The summed E-state index contributed by atoms with van der Waals surface area (Å²) >= 11 is 5.07. The van der Waals surface area contributed by atoms with Gasteiger partial charge in [0.2, 0.25) is 0 Å². The first-order valence-corrected chi connectivity index (χ1v) is 2.54. The molecule has 0 spiro atoms. The average molecular weight is 174 g/mol. The van der Waals surface area contributed by atoms with Crippen molar-refractivity contribution in [3.8, 4) is 0 Å². The minimum absolute atomic E-state index is 0. The second-order valence-corrected chi connectivity index (χ2v) is 1.57. The SMILES string of the molecule is COC(=O)C(C)NCl.Cl. The highest BCUT2D eigenvalue weighted by atomic mass is 35.5. The summed E-state index contributed by atoms with van der Waals surface area (Å²) in [6.07, 6.45) is 0. The quantitative estimate of drug-likeness (QED) is 0.495. The lowest BCUT2D eigenvalue weighted by molar-refractivity contribution is -0.142. The zero-order valence-corrected chi connectivity index (χ0v) is 6.75. The van der Waals surface area contributed by atoms with Crippen LogP contribution in [-0.4, -0.2) is 19.1 Å². The molecule has 56 valence electrons. The Labute approximate surface area is 65.2 Å². The van der Waals surface area contributed by atoms with Crippen LogP contribution in [0.25, 0.3) is 0 Å². The van der Waals surface area contributed by atoms with Gasteiger partial charge in [-0.2, -0.15) is 0 Å². The number of nitrogens with one attached hydrogen (secondary N) is 1. The maximum Gasteiger partial charge on any atom is 0.323 e. The highest BCUT2D eigenvalue weighted by molar-refractivity contribution is 6.14. The fourth-order valence-electron chi connectivity index (χ4n) is 0.221. The molecule has 1 N–H and O–H groups in total. The molecule has 1 unspecified atom stereocenters. The Balaban J connectivity index is 0. The van der Waals surface area contributed by atoms with Crippen LogP contribution in [0.15, 0.2) is 0 Å². The van der Waals surface area contributed by atoms with Gasteiger partial charge in [0.15, 0.2) is 0 Å². The highest BCUT2D eigenvalue weighted by Gasteiger charge is 2.09. The minimum atomic E-state index is -0.429. The van der Waals surface area contributed by atoms with Crippen LogP contribution in [0, 0.1) is 0 Å². The van der Waals surface area contributed by atoms with E-state index < -0.39 is 6.04 Å². The van der Waals surface area contributed by atoms with Gasteiger partial charge in [0.05, 0.1) is 7.11 Å². The van der Waals surface area contributed by atoms with Crippen molar-refractivity contribution in [1.29, 1.82) is 0 Å². The van der Waals surface area contributed by atoms with E-state index in [1.54, 1.807) is 6.92 Å². The molecule has 0 aliphatic rings. The van der Waals surface area contributed by atoms with Crippen LogP contribution in [-0.2, 0) is 9.53 Å². The van der Waals surface area contributed by atoms with E-state index in [4.69, 9.17) is 11.8 Å². The zero-order chi connectivity index (χ0) is 6.57.